The number of hydrogen-bond donors (Lipinski definition) is 0. The van der Waals surface area contributed by atoms with Gasteiger partial charge in [-0.25, -0.2) is 0 Å². The second-order valence-electron chi connectivity index (χ2n) is 4.65. The van der Waals surface area contributed by atoms with Crippen molar-refractivity contribution in [3.8, 4) is 0 Å². The Morgan fingerprint density at radius 2 is 1.12 bits per heavy atom. The summed E-state index contributed by atoms with van der Waals surface area (Å²) in [6.07, 6.45) is 1.57. The molecule has 0 amide bonds. The van der Waals surface area contributed by atoms with Gasteiger partial charge >= 0.3 is 15.2 Å². The SMILES string of the molecule is C=Cc1cc(P(=O)(OCC)OCC)cc(P(=O)(OCC)OCC)c1. The molecule has 1 aromatic carbocycles. The smallest absolute Gasteiger partial charge is 0.305 e. The summed E-state index contributed by atoms with van der Waals surface area (Å²) in [5.74, 6) is 0. The van der Waals surface area contributed by atoms with Crippen LogP contribution in [0.4, 0.5) is 0 Å². The minimum atomic E-state index is -3.53. The van der Waals surface area contributed by atoms with Crippen LogP contribution in [0.2, 0.25) is 0 Å². The van der Waals surface area contributed by atoms with E-state index in [0.29, 0.717) is 16.2 Å². The molecule has 0 aliphatic carbocycles. The summed E-state index contributed by atoms with van der Waals surface area (Å²) in [6, 6.07) is 4.79. The van der Waals surface area contributed by atoms with Crippen molar-refractivity contribution < 1.29 is 27.2 Å². The molecule has 0 saturated carbocycles. The van der Waals surface area contributed by atoms with Crippen LogP contribution < -0.4 is 10.6 Å². The summed E-state index contributed by atoms with van der Waals surface area (Å²) in [5.41, 5.74) is 0.627. The van der Waals surface area contributed by atoms with Gasteiger partial charge in [0.1, 0.15) is 0 Å². The predicted octanol–water partition coefficient (Wildman–Crippen LogP) is 4.11. The molecule has 0 aliphatic heterocycles. The van der Waals surface area contributed by atoms with Crippen molar-refractivity contribution in [1.82, 2.24) is 0 Å². The third kappa shape index (κ3) is 5.13. The van der Waals surface area contributed by atoms with Crippen molar-refractivity contribution in [3.63, 3.8) is 0 Å². The lowest BCUT2D eigenvalue weighted by Crippen LogP contribution is -2.19. The third-order valence-electron chi connectivity index (χ3n) is 2.99. The zero-order valence-electron chi connectivity index (χ0n) is 14.7. The number of benzene rings is 1. The summed E-state index contributed by atoms with van der Waals surface area (Å²) in [4.78, 5) is 0. The average Bonchev–Trinajstić information content (AvgIpc) is 2.55. The second kappa shape index (κ2) is 9.67. The molecule has 136 valence electrons. The number of hydrogen-bond acceptors (Lipinski definition) is 6. The van der Waals surface area contributed by atoms with E-state index >= 15 is 0 Å². The Hall–Kier alpha value is -0.740. The second-order valence-corrected chi connectivity index (χ2v) is 8.71. The molecular weight excluding hydrogens is 350 g/mol. The maximum Gasteiger partial charge on any atom is 0.361 e. The lowest BCUT2D eigenvalue weighted by molar-refractivity contribution is 0.230. The minimum absolute atomic E-state index is 0.222. The van der Waals surface area contributed by atoms with Crippen LogP contribution in [0, 0.1) is 0 Å². The van der Waals surface area contributed by atoms with Gasteiger partial charge in [-0.1, -0.05) is 12.7 Å². The lowest BCUT2D eigenvalue weighted by atomic mass is 10.2. The maximum absolute atomic E-state index is 13.0. The quantitative estimate of drug-likeness (QED) is 0.541. The van der Waals surface area contributed by atoms with E-state index in [1.54, 1.807) is 45.9 Å². The van der Waals surface area contributed by atoms with Crippen LogP contribution in [0.15, 0.2) is 24.8 Å². The molecule has 0 N–H and O–H groups in total. The van der Waals surface area contributed by atoms with Gasteiger partial charge in [-0.3, -0.25) is 9.13 Å². The standard InChI is InChI=1S/C16H26O6P2/c1-6-14-11-15(23(17,19-7-2)20-8-3)13-16(12-14)24(18,21-9-4)22-10-5/h6,11-13H,1,7-10H2,2-5H3. The highest BCUT2D eigenvalue weighted by molar-refractivity contribution is 7.63. The van der Waals surface area contributed by atoms with Crippen LogP contribution in [-0.2, 0) is 27.2 Å². The molecule has 0 spiro atoms. The molecule has 0 unspecified atom stereocenters. The highest BCUT2D eigenvalue weighted by atomic mass is 31.2. The van der Waals surface area contributed by atoms with E-state index in [9.17, 15) is 9.13 Å². The van der Waals surface area contributed by atoms with E-state index in [2.05, 4.69) is 6.58 Å². The van der Waals surface area contributed by atoms with Crippen LogP contribution in [0.25, 0.3) is 6.08 Å². The number of rotatable bonds is 11. The Kier molecular flexibility index (Phi) is 8.58. The van der Waals surface area contributed by atoms with E-state index in [1.165, 1.54) is 6.07 Å². The van der Waals surface area contributed by atoms with E-state index in [-0.39, 0.29) is 26.4 Å². The van der Waals surface area contributed by atoms with Gasteiger partial charge in [-0.05, 0) is 51.5 Å². The summed E-state index contributed by atoms with van der Waals surface area (Å²) in [7, 11) is -7.05. The third-order valence-corrected chi connectivity index (χ3v) is 7.16. The van der Waals surface area contributed by atoms with Gasteiger partial charge in [0, 0.05) is 0 Å². The fraction of sp³-hybridized carbons (Fsp3) is 0.500. The predicted molar refractivity (Wildman–Crippen MR) is 97.5 cm³/mol. The molecular formula is C16H26O6P2. The Balaban J connectivity index is 3.51. The van der Waals surface area contributed by atoms with Gasteiger partial charge in [0.05, 0.1) is 37.0 Å². The Bertz CT molecular complexity index is 575. The van der Waals surface area contributed by atoms with Gasteiger partial charge < -0.3 is 18.1 Å². The van der Waals surface area contributed by atoms with E-state index in [1.807, 2.05) is 0 Å². The first-order valence-corrected chi connectivity index (χ1v) is 11.0. The highest BCUT2D eigenvalue weighted by Gasteiger charge is 2.32. The summed E-state index contributed by atoms with van der Waals surface area (Å²) >= 11 is 0. The van der Waals surface area contributed by atoms with Crippen molar-refractivity contribution in [2.24, 2.45) is 0 Å². The first-order chi connectivity index (χ1) is 11.4. The molecule has 8 heteroatoms. The molecule has 1 aromatic rings. The lowest BCUT2D eigenvalue weighted by Gasteiger charge is -2.21. The first kappa shape index (κ1) is 21.3. The molecule has 0 radical (unpaired) electrons. The Labute approximate surface area is 144 Å². The fourth-order valence-corrected chi connectivity index (χ4v) is 5.52. The molecule has 0 aliphatic rings. The molecule has 0 heterocycles. The van der Waals surface area contributed by atoms with Crippen LogP contribution >= 0.6 is 15.2 Å². The van der Waals surface area contributed by atoms with Crippen LogP contribution in [0.5, 0.6) is 0 Å². The zero-order valence-corrected chi connectivity index (χ0v) is 16.5. The molecule has 0 bridgehead atoms. The van der Waals surface area contributed by atoms with Crippen molar-refractivity contribution in [2.45, 2.75) is 27.7 Å². The fourth-order valence-electron chi connectivity index (χ4n) is 2.10. The van der Waals surface area contributed by atoms with Gasteiger partial charge in [0.25, 0.3) is 0 Å². The molecule has 24 heavy (non-hydrogen) atoms. The van der Waals surface area contributed by atoms with Crippen molar-refractivity contribution in [3.05, 3.63) is 30.3 Å². The molecule has 1 rings (SSSR count). The summed E-state index contributed by atoms with van der Waals surface area (Å²) in [6.45, 7) is 11.5. The van der Waals surface area contributed by atoms with Crippen LogP contribution in [-0.4, -0.2) is 26.4 Å². The van der Waals surface area contributed by atoms with E-state index < -0.39 is 15.2 Å². The Morgan fingerprint density at radius 1 is 0.792 bits per heavy atom. The molecule has 0 fully saturated rings. The molecule has 0 saturated heterocycles. The van der Waals surface area contributed by atoms with Gasteiger partial charge in [0.2, 0.25) is 0 Å². The summed E-state index contributed by atoms with van der Waals surface area (Å²) < 4.78 is 47.5. The monoisotopic (exact) mass is 376 g/mol. The first-order valence-electron chi connectivity index (χ1n) is 7.95. The Morgan fingerprint density at radius 3 is 1.38 bits per heavy atom. The normalized spacial score (nSPS) is 12.3. The van der Waals surface area contributed by atoms with Gasteiger partial charge in [-0.15, -0.1) is 0 Å². The van der Waals surface area contributed by atoms with Crippen molar-refractivity contribution >= 4 is 31.9 Å². The largest absolute Gasteiger partial charge is 0.361 e. The van der Waals surface area contributed by atoms with E-state index in [0.717, 1.165) is 0 Å². The van der Waals surface area contributed by atoms with Crippen LogP contribution in [0.1, 0.15) is 33.3 Å². The average molecular weight is 376 g/mol. The van der Waals surface area contributed by atoms with Gasteiger partial charge in [-0.2, -0.15) is 0 Å². The van der Waals surface area contributed by atoms with Crippen LogP contribution in [0.3, 0.4) is 0 Å². The summed E-state index contributed by atoms with van der Waals surface area (Å²) in [5, 5.41) is 0.608. The molecule has 0 atom stereocenters. The zero-order chi connectivity index (χ0) is 18.2. The van der Waals surface area contributed by atoms with E-state index in [4.69, 9.17) is 18.1 Å². The maximum atomic E-state index is 13.0. The van der Waals surface area contributed by atoms with Crippen molar-refractivity contribution in [2.75, 3.05) is 26.4 Å². The topological polar surface area (TPSA) is 71.1 Å². The highest BCUT2D eigenvalue weighted by Crippen LogP contribution is 2.50. The molecule has 0 aromatic heterocycles. The minimum Gasteiger partial charge on any atom is -0.305 e. The van der Waals surface area contributed by atoms with Gasteiger partial charge in [0.15, 0.2) is 0 Å². The molecule has 6 nitrogen and oxygen atoms in total. The van der Waals surface area contributed by atoms with Crippen molar-refractivity contribution in [1.29, 1.82) is 0 Å².